The van der Waals surface area contributed by atoms with E-state index in [0.717, 1.165) is 0 Å². The van der Waals surface area contributed by atoms with Crippen LogP contribution in [0.5, 0.6) is 0 Å². The second-order valence-corrected chi connectivity index (χ2v) is 6.11. The molecule has 2 aromatic carbocycles. The molecule has 24 heavy (non-hydrogen) atoms. The van der Waals surface area contributed by atoms with Crippen molar-refractivity contribution in [2.45, 2.75) is 19.9 Å². The third-order valence-electron chi connectivity index (χ3n) is 3.45. The highest BCUT2D eigenvalue weighted by atomic mass is 35.5. The molecule has 0 radical (unpaired) electrons. The van der Waals surface area contributed by atoms with E-state index in [0.29, 0.717) is 10.7 Å². The molecule has 0 aromatic heterocycles. The number of nitrogens with one attached hydrogen (secondary N) is 2. The number of anilines is 1. The monoisotopic (exact) mass is 348 g/mol. The maximum Gasteiger partial charge on any atom is 0.254 e. The third kappa shape index (κ3) is 4.55. The predicted molar refractivity (Wildman–Crippen MR) is 92.6 cm³/mol. The highest BCUT2D eigenvalue weighted by molar-refractivity contribution is 6.30. The molecule has 4 nitrogen and oxygen atoms in total. The van der Waals surface area contributed by atoms with Crippen LogP contribution < -0.4 is 10.6 Å². The summed E-state index contributed by atoms with van der Waals surface area (Å²) in [5.41, 5.74) is 0.428. The van der Waals surface area contributed by atoms with Crippen molar-refractivity contribution < 1.29 is 14.0 Å². The van der Waals surface area contributed by atoms with Crippen molar-refractivity contribution in [3.8, 4) is 0 Å². The largest absolute Gasteiger partial charge is 0.340 e. The summed E-state index contributed by atoms with van der Waals surface area (Å²) in [5.74, 6) is -1.84. The fourth-order valence-corrected chi connectivity index (χ4v) is 2.38. The molecule has 0 unspecified atom stereocenters. The van der Waals surface area contributed by atoms with E-state index >= 15 is 0 Å². The minimum atomic E-state index is -0.809. The number of benzene rings is 2. The van der Waals surface area contributed by atoms with Crippen LogP contribution in [0, 0.1) is 11.7 Å². The van der Waals surface area contributed by atoms with Gasteiger partial charge in [-0.25, -0.2) is 4.39 Å². The number of halogens is 2. The Morgan fingerprint density at radius 2 is 1.79 bits per heavy atom. The number of carbonyl (C=O) groups is 2. The van der Waals surface area contributed by atoms with E-state index < -0.39 is 23.7 Å². The Morgan fingerprint density at radius 1 is 1.08 bits per heavy atom. The highest BCUT2D eigenvalue weighted by Crippen LogP contribution is 2.16. The van der Waals surface area contributed by atoms with Crippen molar-refractivity contribution in [3.05, 3.63) is 64.9 Å². The van der Waals surface area contributed by atoms with Gasteiger partial charge in [-0.1, -0.05) is 43.6 Å². The summed E-state index contributed by atoms with van der Waals surface area (Å²) < 4.78 is 13.7. The molecule has 2 amide bonds. The molecule has 126 valence electrons. The lowest BCUT2D eigenvalue weighted by Crippen LogP contribution is -2.47. The van der Waals surface area contributed by atoms with Crippen molar-refractivity contribution in [2.24, 2.45) is 5.92 Å². The van der Waals surface area contributed by atoms with Gasteiger partial charge in [0.15, 0.2) is 0 Å². The van der Waals surface area contributed by atoms with E-state index in [1.807, 2.05) is 0 Å². The Labute approximate surface area is 145 Å². The molecule has 0 spiro atoms. The van der Waals surface area contributed by atoms with Gasteiger partial charge in [0.05, 0.1) is 5.56 Å². The summed E-state index contributed by atoms with van der Waals surface area (Å²) >= 11 is 5.89. The number of hydrogen-bond donors (Lipinski definition) is 2. The minimum absolute atomic E-state index is 0.0984. The molecule has 0 saturated heterocycles. The summed E-state index contributed by atoms with van der Waals surface area (Å²) in [6.45, 7) is 3.59. The Bertz CT molecular complexity index is 749. The van der Waals surface area contributed by atoms with Gasteiger partial charge < -0.3 is 10.6 Å². The second kappa shape index (κ2) is 7.93. The average Bonchev–Trinajstić information content (AvgIpc) is 2.52. The summed E-state index contributed by atoms with van der Waals surface area (Å²) in [4.78, 5) is 24.7. The van der Waals surface area contributed by atoms with Gasteiger partial charge in [-0.2, -0.15) is 0 Å². The summed E-state index contributed by atoms with van der Waals surface area (Å²) in [5, 5.41) is 5.78. The standard InChI is InChI=1S/C18H18ClFN2O2/c1-11(2)16(18(24)21-13-7-5-6-12(19)10-13)22-17(23)14-8-3-4-9-15(14)20/h3-11,16H,1-2H3,(H,21,24)(H,22,23)/t16-/m1/s1. The average molecular weight is 349 g/mol. The number of carbonyl (C=O) groups excluding carboxylic acids is 2. The van der Waals surface area contributed by atoms with Crippen molar-refractivity contribution in [1.29, 1.82) is 0 Å². The quantitative estimate of drug-likeness (QED) is 0.861. The van der Waals surface area contributed by atoms with Crippen LogP contribution in [0.2, 0.25) is 5.02 Å². The van der Waals surface area contributed by atoms with Crippen LogP contribution in [0.15, 0.2) is 48.5 Å². The molecule has 0 bridgehead atoms. The van der Waals surface area contributed by atoms with Gasteiger partial charge >= 0.3 is 0 Å². The van der Waals surface area contributed by atoms with Gasteiger partial charge in [-0.3, -0.25) is 9.59 Å². The SMILES string of the molecule is CC(C)[C@@H](NC(=O)c1ccccc1F)C(=O)Nc1cccc(Cl)c1. The molecular weight excluding hydrogens is 331 g/mol. The first-order valence-electron chi connectivity index (χ1n) is 7.50. The zero-order valence-electron chi connectivity index (χ0n) is 13.3. The Kier molecular flexibility index (Phi) is 5.93. The topological polar surface area (TPSA) is 58.2 Å². The lowest BCUT2D eigenvalue weighted by atomic mass is 10.0. The smallest absolute Gasteiger partial charge is 0.254 e. The van der Waals surface area contributed by atoms with Crippen LogP contribution >= 0.6 is 11.6 Å². The van der Waals surface area contributed by atoms with Gasteiger partial charge in [-0.15, -0.1) is 0 Å². The Balaban J connectivity index is 2.13. The molecule has 0 aliphatic carbocycles. The zero-order chi connectivity index (χ0) is 17.7. The minimum Gasteiger partial charge on any atom is -0.340 e. The van der Waals surface area contributed by atoms with Crippen molar-refractivity contribution in [1.82, 2.24) is 5.32 Å². The van der Waals surface area contributed by atoms with Crippen LogP contribution in [-0.4, -0.2) is 17.9 Å². The summed E-state index contributed by atoms with van der Waals surface area (Å²) in [6.07, 6.45) is 0. The van der Waals surface area contributed by atoms with E-state index in [-0.39, 0.29) is 11.5 Å². The fourth-order valence-electron chi connectivity index (χ4n) is 2.19. The molecule has 1 atom stereocenters. The maximum absolute atomic E-state index is 13.7. The van der Waals surface area contributed by atoms with Crippen LogP contribution in [0.1, 0.15) is 24.2 Å². The van der Waals surface area contributed by atoms with E-state index in [2.05, 4.69) is 10.6 Å². The van der Waals surface area contributed by atoms with Crippen molar-refractivity contribution in [3.63, 3.8) is 0 Å². The first-order chi connectivity index (χ1) is 11.4. The summed E-state index contributed by atoms with van der Waals surface area (Å²) in [7, 11) is 0. The van der Waals surface area contributed by atoms with Gasteiger partial charge in [0.1, 0.15) is 11.9 Å². The highest BCUT2D eigenvalue weighted by Gasteiger charge is 2.25. The van der Waals surface area contributed by atoms with Gasteiger partial charge in [0, 0.05) is 10.7 Å². The fraction of sp³-hybridized carbons (Fsp3) is 0.222. The van der Waals surface area contributed by atoms with Crippen LogP contribution in [0.3, 0.4) is 0 Å². The number of hydrogen-bond acceptors (Lipinski definition) is 2. The first-order valence-corrected chi connectivity index (χ1v) is 7.88. The lowest BCUT2D eigenvalue weighted by Gasteiger charge is -2.22. The Morgan fingerprint density at radius 3 is 2.42 bits per heavy atom. The van der Waals surface area contributed by atoms with Crippen LogP contribution in [-0.2, 0) is 4.79 Å². The molecular formula is C18H18ClFN2O2. The normalized spacial score (nSPS) is 11.9. The van der Waals surface area contributed by atoms with E-state index in [9.17, 15) is 14.0 Å². The van der Waals surface area contributed by atoms with Gasteiger partial charge in [-0.05, 0) is 36.2 Å². The number of rotatable bonds is 5. The molecule has 0 aliphatic heterocycles. The van der Waals surface area contributed by atoms with E-state index in [4.69, 9.17) is 11.6 Å². The Hall–Kier alpha value is -2.40. The van der Waals surface area contributed by atoms with E-state index in [1.54, 1.807) is 44.2 Å². The predicted octanol–water partition coefficient (Wildman–Crippen LogP) is 3.87. The first kappa shape index (κ1) is 17.9. The maximum atomic E-state index is 13.7. The molecule has 0 aliphatic rings. The third-order valence-corrected chi connectivity index (χ3v) is 3.68. The van der Waals surface area contributed by atoms with Crippen LogP contribution in [0.25, 0.3) is 0 Å². The van der Waals surface area contributed by atoms with Gasteiger partial charge in [0.25, 0.3) is 5.91 Å². The molecule has 2 N–H and O–H groups in total. The molecule has 0 heterocycles. The summed E-state index contributed by atoms with van der Waals surface area (Å²) in [6, 6.07) is 11.5. The molecule has 2 aromatic rings. The van der Waals surface area contributed by atoms with Gasteiger partial charge in [0.2, 0.25) is 5.91 Å². The molecule has 0 fully saturated rings. The van der Waals surface area contributed by atoms with Crippen molar-refractivity contribution in [2.75, 3.05) is 5.32 Å². The second-order valence-electron chi connectivity index (χ2n) is 5.67. The molecule has 6 heteroatoms. The molecule has 2 rings (SSSR count). The number of amides is 2. The van der Waals surface area contributed by atoms with E-state index in [1.165, 1.54) is 18.2 Å². The molecule has 0 saturated carbocycles. The lowest BCUT2D eigenvalue weighted by molar-refractivity contribution is -0.118. The van der Waals surface area contributed by atoms with Crippen molar-refractivity contribution >= 4 is 29.1 Å². The zero-order valence-corrected chi connectivity index (χ0v) is 14.1. The van der Waals surface area contributed by atoms with Crippen LogP contribution in [0.4, 0.5) is 10.1 Å².